The van der Waals surface area contributed by atoms with E-state index in [0.717, 1.165) is 4.90 Å². The Balaban J connectivity index is 1.83. The molecule has 1 amide bonds. The van der Waals surface area contributed by atoms with Crippen molar-refractivity contribution in [3.63, 3.8) is 0 Å². The lowest BCUT2D eigenvalue weighted by molar-refractivity contribution is -0.133. The van der Waals surface area contributed by atoms with Crippen molar-refractivity contribution < 1.29 is 18.4 Å². The fraction of sp³-hybridized carbons (Fsp3) is 0.550. The molecule has 8 heteroatoms. The maximum absolute atomic E-state index is 13.4. The number of sulfone groups is 1. The minimum atomic E-state index is -3.98. The average Bonchev–Trinajstić information content (AvgIpc) is 3.21. The smallest absolute Gasteiger partial charge is 0.265 e. The van der Waals surface area contributed by atoms with Gasteiger partial charge in [-0.3, -0.25) is 14.9 Å². The molecule has 0 radical (unpaired) electrons. The summed E-state index contributed by atoms with van der Waals surface area (Å²) in [5.74, 6) is 1.66. The summed E-state index contributed by atoms with van der Waals surface area (Å²) in [6, 6.07) is 6.78. The fourth-order valence-corrected chi connectivity index (χ4v) is 7.25. The molecule has 1 saturated heterocycles. The lowest BCUT2D eigenvalue weighted by atomic mass is 9.95. The number of piperidine rings is 1. The average molecular weight is 423 g/mol. The molecule has 1 aromatic rings. The molecule has 3 rings (SSSR count). The number of hydroxylamine groups is 1. The fourth-order valence-electron chi connectivity index (χ4n) is 4.04. The number of benzene rings is 1. The molecule has 1 heterocycles. The van der Waals surface area contributed by atoms with Crippen molar-refractivity contribution in [3.8, 4) is 12.3 Å². The van der Waals surface area contributed by atoms with E-state index in [1.165, 1.54) is 25.7 Å². The Bertz CT molecular complexity index is 832. The van der Waals surface area contributed by atoms with E-state index in [9.17, 15) is 18.4 Å². The van der Waals surface area contributed by atoms with Gasteiger partial charge in [0.1, 0.15) is 0 Å². The van der Waals surface area contributed by atoms with Crippen LogP contribution in [0.3, 0.4) is 0 Å². The zero-order valence-electron chi connectivity index (χ0n) is 15.8. The van der Waals surface area contributed by atoms with Crippen molar-refractivity contribution in [3.05, 3.63) is 24.3 Å². The largest absolute Gasteiger partial charge is 0.292 e. The second-order valence-corrected chi connectivity index (χ2v) is 11.0. The van der Waals surface area contributed by atoms with Crippen molar-refractivity contribution in [1.82, 2.24) is 10.4 Å². The van der Waals surface area contributed by atoms with Gasteiger partial charge in [0, 0.05) is 23.2 Å². The van der Waals surface area contributed by atoms with Gasteiger partial charge in [-0.1, -0.05) is 18.8 Å². The summed E-state index contributed by atoms with van der Waals surface area (Å²) >= 11 is 1.78. The van der Waals surface area contributed by atoms with E-state index in [1.54, 1.807) is 29.4 Å². The minimum absolute atomic E-state index is 0.0853. The maximum Gasteiger partial charge on any atom is 0.265 e. The Hall–Kier alpha value is -1.53. The number of nitrogens with one attached hydrogen (secondary N) is 1. The van der Waals surface area contributed by atoms with Crippen molar-refractivity contribution >= 4 is 27.5 Å². The van der Waals surface area contributed by atoms with Crippen LogP contribution in [0.2, 0.25) is 0 Å². The summed E-state index contributed by atoms with van der Waals surface area (Å²) in [4.78, 5) is 15.5. The number of terminal acetylenes is 1. The van der Waals surface area contributed by atoms with E-state index in [2.05, 4.69) is 5.92 Å². The van der Waals surface area contributed by atoms with E-state index in [1.807, 2.05) is 17.0 Å². The van der Waals surface area contributed by atoms with Crippen molar-refractivity contribution in [2.24, 2.45) is 0 Å². The van der Waals surface area contributed by atoms with E-state index >= 15 is 0 Å². The number of nitrogens with zero attached hydrogens (tertiary/aromatic N) is 1. The highest BCUT2D eigenvalue weighted by atomic mass is 32.2. The highest BCUT2D eigenvalue weighted by molar-refractivity contribution is 8.00. The Labute approximate surface area is 170 Å². The molecule has 28 heavy (non-hydrogen) atoms. The molecule has 2 fully saturated rings. The second kappa shape index (κ2) is 8.87. The number of rotatable bonds is 6. The number of carbonyl (C=O) groups excluding carboxylic acids is 1. The molecule has 2 aliphatic rings. The normalized spacial score (nSPS) is 20.6. The molecule has 2 N–H and O–H groups in total. The molecule has 152 valence electrons. The SMILES string of the molecule is C#CCN1CCC(C(=O)NO)(S(=O)(=O)c2ccc(SC3CCCC3)cc2)CC1. The third-order valence-corrected chi connectivity index (χ3v) is 9.61. The van der Waals surface area contributed by atoms with Crippen molar-refractivity contribution in [2.75, 3.05) is 19.6 Å². The van der Waals surface area contributed by atoms with Gasteiger partial charge < -0.3 is 0 Å². The predicted molar refractivity (Wildman–Crippen MR) is 109 cm³/mol. The number of likely N-dealkylation sites (tertiary alicyclic amines) is 1. The number of amides is 1. The van der Waals surface area contributed by atoms with Gasteiger partial charge in [-0.05, 0) is 49.9 Å². The molecule has 1 aliphatic heterocycles. The lowest BCUT2D eigenvalue weighted by Crippen LogP contribution is -2.57. The van der Waals surface area contributed by atoms with E-state index in [4.69, 9.17) is 6.42 Å². The van der Waals surface area contributed by atoms with Crippen LogP contribution in [0.5, 0.6) is 0 Å². The molecule has 1 aliphatic carbocycles. The van der Waals surface area contributed by atoms with Crippen LogP contribution < -0.4 is 5.48 Å². The Morgan fingerprint density at radius 3 is 2.39 bits per heavy atom. The summed E-state index contributed by atoms with van der Waals surface area (Å²) in [7, 11) is -3.98. The Morgan fingerprint density at radius 1 is 1.25 bits per heavy atom. The summed E-state index contributed by atoms with van der Waals surface area (Å²) in [5.41, 5.74) is 1.58. The Morgan fingerprint density at radius 2 is 1.86 bits per heavy atom. The molecule has 1 aromatic carbocycles. The van der Waals surface area contributed by atoms with Crippen molar-refractivity contribution in [2.45, 2.75) is 58.3 Å². The van der Waals surface area contributed by atoms with Gasteiger partial charge in [-0.2, -0.15) is 0 Å². The first-order chi connectivity index (χ1) is 13.4. The highest BCUT2D eigenvalue weighted by Crippen LogP contribution is 2.38. The molecule has 0 unspecified atom stereocenters. The molecule has 0 bridgehead atoms. The van der Waals surface area contributed by atoms with Crippen LogP contribution in [0.25, 0.3) is 0 Å². The number of carbonyl (C=O) groups is 1. The zero-order chi connectivity index (χ0) is 20.2. The van der Waals surface area contributed by atoms with Gasteiger partial charge in [0.15, 0.2) is 14.6 Å². The van der Waals surface area contributed by atoms with Crippen LogP contribution in [-0.4, -0.2) is 54.1 Å². The molecule has 0 spiro atoms. The first kappa shape index (κ1) is 21.2. The van der Waals surface area contributed by atoms with Gasteiger partial charge in [-0.25, -0.2) is 13.9 Å². The first-order valence-electron chi connectivity index (χ1n) is 9.55. The zero-order valence-corrected chi connectivity index (χ0v) is 17.4. The molecule has 6 nitrogen and oxygen atoms in total. The number of thioether (sulfide) groups is 1. The standard InChI is InChI=1S/C20H26N2O4S2/c1-2-13-22-14-11-20(12-15-22,19(23)21-24)28(25,26)18-9-7-17(8-10-18)27-16-5-3-4-6-16/h1,7-10,16,24H,3-6,11-15H2,(H,21,23). The molecular weight excluding hydrogens is 396 g/mol. The van der Waals surface area contributed by atoms with Crippen LogP contribution in [0.15, 0.2) is 34.1 Å². The number of hydrogen-bond donors (Lipinski definition) is 2. The topological polar surface area (TPSA) is 86.7 Å². The first-order valence-corrected chi connectivity index (χ1v) is 11.9. The summed E-state index contributed by atoms with van der Waals surface area (Å²) < 4.78 is 25.1. The molecule has 0 aromatic heterocycles. The van der Waals surface area contributed by atoms with Crippen LogP contribution in [-0.2, 0) is 14.6 Å². The highest BCUT2D eigenvalue weighted by Gasteiger charge is 2.52. The van der Waals surface area contributed by atoms with Gasteiger partial charge >= 0.3 is 0 Å². The predicted octanol–water partition coefficient (Wildman–Crippen LogP) is 2.47. The van der Waals surface area contributed by atoms with Crippen molar-refractivity contribution in [1.29, 1.82) is 0 Å². The van der Waals surface area contributed by atoms with Gasteiger partial charge in [0.05, 0.1) is 11.4 Å². The molecular formula is C20H26N2O4S2. The van der Waals surface area contributed by atoms with Crippen LogP contribution >= 0.6 is 11.8 Å². The second-order valence-electron chi connectivity index (χ2n) is 7.41. The van der Waals surface area contributed by atoms with E-state index < -0.39 is 20.5 Å². The number of hydrogen-bond acceptors (Lipinski definition) is 6. The maximum atomic E-state index is 13.4. The van der Waals surface area contributed by atoms with Crippen LogP contribution in [0, 0.1) is 12.3 Å². The van der Waals surface area contributed by atoms with Gasteiger partial charge in [0.25, 0.3) is 5.91 Å². The van der Waals surface area contributed by atoms with E-state index in [-0.39, 0.29) is 17.7 Å². The lowest BCUT2D eigenvalue weighted by Gasteiger charge is -2.38. The summed E-state index contributed by atoms with van der Waals surface area (Å²) in [6.45, 7) is 1.17. The molecule has 0 atom stereocenters. The third kappa shape index (κ3) is 4.08. The third-order valence-electron chi connectivity index (χ3n) is 5.75. The minimum Gasteiger partial charge on any atom is -0.292 e. The Kier molecular flexibility index (Phi) is 6.71. The van der Waals surface area contributed by atoms with Gasteiger partial charge in [0.2, 0.25) is 0 Å². The van der Waals surface area contributed by atoms with Gasteiger partial charge in [-0.15, -0.1) is 18.2 Å². The summed E-state index contributed by atoms with van der Waals surface area (Å²) in [6.07, 6.45) is 10.4. The molecule has 1 saturated carbocycles. The van der Waals surface area contributed by atoms with Crippen LogP contribution in [0.4, 0.5) is 0 Å². The van der Waals surface area contributed by atoms with Crippen LogP contribution in [0.1, 0.15) is 38.5 Å². The monoisotopic (exact) mass is 422 g/mol. The quantitative estimate of drug-likeness (QED) is 0.416. The van der Waals surface area contributed by atoms with E-state index in [0.29, 0.717) is 24.9 Å². The summed E-state index contributed by atoms with van der Waals surface area (Å²) in [5, 5.41) is 9.81.